The zero-order chi connectivity index (χ0) is 13.7. The molecule has 0 fully saturated rings. The molecule has 0 heterocycles. The van der Waals surface area contributed by atoms with Crippen LogP contribution in [0.15, 0.2) is 24.3 Å². The number of likely N-dealkylation sites (N-methyl/N-ethyl adjacent to an activating group) is 1. The van der Waals surface area contributed by atoms with Gasteiger partial charge in [-0.05, 0) is 32.2 Å². The number of anilines is 2. The lowest BCUT2D eigenvalue weighted by molar-refractivity contribution is -0.138. The second-order valence-corrected chi connectivity index (χ2v) is 4.10. The third kappa shape index (κ3) is 4.06. The third-order valence-corrected chi connectivity index (χ3v) is 2.58. The number of carboxylic acids is 1. The Kier molecular flexibility index (Phi) is 4.67. The highest BCUT2D eigenvalue weighted by Gasteiger charge is 2.19. The number of carboxylic acid groups (broad SMARTS) is 1. The van der Waals surface area contributed by atoms with Crippen molar-refractivity contribution in [3.63, 3.8) is 0 Å². The molecular formula is C12H17N3O3. The number of benzene rings is 1. The molecule has 4 N–H and O–H groups in total. The van der Waals surface area contributed by atoms with Crippen LogP contribution in [0.2, 0.25) is 0 Å². The Balaban J connectivity index is 2.62. The molecule has 0 aliphatic rings. The van der Waals surface area contributed by atoms with Crippen LogP contribution in [-0.4, -0.2) is 41.5 Å². The number of aliphatic carboxylic acids is 1. The van der Waals surface area contributed by atoms with Crippen LogP contribution in [0.4, 0.5) is 11.4 Å². The molecule has 1 aromatic rings. The van der Waals surface area contributed by atoms with Gasteiger partial charge < -0.3 is 16.2 Å². The predicted octanol–water partition coefficient (Wildman–Crippen LogP) is 0.612. The van der Waals surface area contributed by atoms with E-state index < -0.39 is 12.0 Å². The van der Waals surface area contributed by atoms with Crippen molar-refractivity contribution >= 4 is 23.3 Å². The largest absolute Gasteiger partial charge is 0.480 e. The molecule has 1 aromatic carbocycles. The van der Waals surface area contributed by atoms with E-state index in [1.807, 2.05) is 0 Å². The quantitative estimate of drug-likeness (QED) is 0.666. The van der Waals surface area contributed by atoms with Crippen molar-refractivity contribution in [2.75, 3.05) is 24.6 Å². The number of carbonyl (C=O) groups excluding carboxylic acids is 1. The van der Waals surface area contributed by atoms with E-state index in [9.17, 15) is 9.59 Å². The topological polar surface area (TPSA) is 95.7 Å². The van der Waals surface area contributed by atoms with Crippen molar-refractivity contribution < 1.29 is 14.7 Å². The molecule has 1 amide bonds. The van der Waals surface area contributed by atoms with Gasteiger partial charge in [-0.25, -0.2) is 0 Å². The number of nitrogens with zero attached hydrogens (tertiary/aromatic N) is 1. The van der Waals surface area contributed by atoms with E-state index in [0.717, 1.165) is 0 Å². The monoisotopic (exact) mass is 251 g/mol. The lowest BCUT2D eigenvalue weighted by atomic mass is 10.2. The highest BCUT2D eigenvalue weighted by molar-refractivity contribution is 5.95. The van der Waals surface area contributed by atoms with Gasteiger partial charge in [0.2, 0.25) is 5.91 Å². The van der Waals surface area contributed by atoms with E-state index in [1.165, 1.54) is 4.90 Å². The highest BCUT2D eigenvalue weighted by Crippen LogP contribution is 2.12. The van der Waals surface area contributed by atoms with Crippen molar-refractivity contribution in [3.8, 4) is 0 Å². The minimum absolute atomic E-state index is 0.189. The first-order valence-electron chi connectivity index (χ1n) is 5.48. The third-order valence-electron chi connectivity index (χ3n) is 2.58. The summed E-state index contributed by atoms with van der Waals surface area (Å²) in [5, 5.41) is 11.3. The molecule has 0 aliphatic carbocycles. The molecular weight excluding hydrogens is 234 g/mol. The van der Waals surface area contributed by atoms with Gasteiger partial charge in [-0.15, -0.1) is 0 Å². The Morgan fingerprint density at radius 1 is 1.50 bits per heavy atom. The van der Waals surface area contributed by atoms with E-state index in [-0.39, 0.29) is 12.5 Å². The summed E-state index contributed by atoms with van der Waals surface area (Å²) >= 11 is 0. The predicted molar refractivity (Wildman–Crippen MR) is 69.2 cm³/mol. The van der Waals surface area contributed by atoms with Crippen molar-refractivity contribution in [1.29, 1.82) is 0 Å². The van der Waals surface area contributed by atoms with Gasteiger partial charge in [0.25, 0.3) is 0 Å². The van der Waals surface area contributed by atoms with Crippen molar-refractivity contribution in [2.24, 2.45) is 0 Å². The van der Waals surface area contributed by atoms with Gasteiger partial charge in [0, 0.05) is 11.4 Å². The molecule has 1 unspecified atom stereocenters. The van der Waals surface area contributed by atoms with Crippen LogP contribution in [0.1, 0.15) is 6.92 Å². The fourth-order valence-electron chi connectivity index (χ4n) is 1.41. The van der Waals surface area contributed by atoms with E-state index in [0.29, 0.717) is 11.4 Å². The Bertz CT molecular complexity index is 448. The molecule has 0 spiro atoms. The first-order valence-corrected chi connectivity index (χ1v) is 5.48. The Morgan fingerprint density at radius 2 is 2.17 bits per heavy atom. The van der Waals surface area contributed by atoms with Crippen LogP contribution in [0, 0.1) is 0 Å². The Labute approximate surface area is 105 Å². The SMILES string of the molecule is CC(C(=O)Nc1cccc(N)c1)N(C)CC(=O)O. The summed E-state index contributed by atoms with van der Waals surface area (Å²) in [6.07, 6.45) is 0. The van der Waals surface area contributed by atoms with Crippen LogP contribution in [0.5, 0.6) is 0 Å². The number of carbonyl (C=O) groups is 2. The smallest absolute Gasteiger partial charge is 0.317 e. The fourth-order valence-corrected chi connectivity index (χ4v) is 1.41. The molecule has 0 aliphatic heterocycles. The molecule has 6 heteroatoms. The minimum Gasteiger partial charge on any atom is -0.480 e. The fraction of sp³-hybridized carbons (Fsp3) is 0.333. The Morgan fingerprint density at radius 3 is 2.72 bits per heavy atom. The summed E-state index contributed by atoms with van der Waals surface area (Å²) < 4.78 is 0. The number of nitrogens with one attached hydrogen (secondary N) is 1. The van der Waals surface area contributed by atoms with Gasteiger partial charge in [0.05, 0.1) is 12.6 Å². The summed E-state index contributed by atoms with van der Waals surface area (Å²) in [4.78, 5) is 23.9. The van der Waals surface area contributed by atoms with Crippen LogP contribution < -0.4 is 11.1 Å². The maximum absolute atomic E-state index is 11.9. The molecule has 0 radical (unpaired) electrons. The molecule has 1 rings (SSSR count). The van der Waals surface area contributed by atoms with Gasteiger partial charge in [-0.3, -0.25) is 14.5 Å². The summed E-state index contributed by atoms with van der Waals surface area (Å²) in [5.74, 6) is -1.24. The summed E-state index contributed by atoms with van der Waals surface area (Å²) in [6, 6.07) is 6.27. The second-order valence-electron chi connectivity index (χ2n) is 4.10. The number of rotatable bonds is 5. The zero-order valence-corrected chi connectivity index (χ0v) is 10.4. The number of nitrogen functional groups attached to an aromatic ring is 1. The van der Waals surface area contributed by atoms with Crippen molar-refractivity contribution in [3.05, 3.63) is 24.3 Å². The van der Waals surface area contributed by atoms with Crippen LogP contribution in [0.25, 0.3) is 0 Å². The summed E-state index contributed by atoms with van der Waals surface area (Å²) in [5.41, 5.74) is 6.74. The minimum atomic E-state index is -0.971. The first kappa shape index (κ1) is 14.0. The molecule has 0 bridgehead atoms. The van der Waals surface area contributed by atoms with E-state index in [4.69, 9.17) is 10.8 Å². The van der Waals surface area contributed by atoms with Gasteiger partial charge in [-0.1, -0.05) is 6.07 Å². The van der Waals surface area contributed by atoms with E-state index >= 15 is 0 Å². The van der Waals surface area contributed by atoms with Crippen molar-refractivity contribution in [1.82, 2.24) is 4.90 Å². The number of amides is 1. The van der Waals surface area contributed by atoms with Crippen LogP contribution in [0.3, 0.4) is 0 Å². The number of hydrogen-bond donors (Lipinski definition) is 3. The lowest BCUT2D eigenvalue weighted by Gasteiger charge is -2.21. The Hall–Kier alpha value is -2.08. The van der Waals surface area contributed by atoms with E-state index in [1.54, 1.807) is 38.2 Å². The van der Waals surface area contributed by atoms with Crippen molar-refractivity contribution in [2.45, 2.75) is 13.0 Å². The van der Waals surface area contributed by atoms with Gasteiger partial charge in [-0.2, -0.15) is 0 Å². The molecule has 1 atom stereocenters. The first-order chi connectivity index (χ1) is 8.40. The molecule has 0 saturated heterocycles. The highest BCUT2D eigenvalue weighted by atomic mass is 16.4. The standard InChI is InChI=1S/C12H17N3O3/c1-8(15(2)7-11(16)17)12(18)14-10-5-3-4-9(13)6-10/h3-6,8H,7,13H2,1-2H3,(H,14,18)(H,16,17). The average molecular weight is 251 g/mol. The number of hydrogen-bond acceptors (Lipinski definition) is 4. The zero-order valence-electron chi connectivity index (χ0n) is 10.4. The summed E-state index contributed by atoms with van der Waals surface area (Å²) in [7, 11) is 1.58. The maximum atomic E-state index is 11.9. The summed E-state index contributed by atoms with van der Waals surface area (Å²) in [6.45, 7) is 1.45. The molecule has 6 nitrogen and oxygen atoms in total. The second kappa shape index (κ2) is 6.02. The molecule has 98 valence electrons. The van der Waals surface area contributed by atoms with E-state index in [2.05, 4.69) is 5.32 Å². The van der Waals surface area contributed by atoms with Gasteiger partial charge in [0.1, 0.15) is 0 Å². The molecule has 18 heavy (non-hydrogen) atoms. The van der Waals surface area contributed by atoms with Gasteiger partial charge in [0.15, 0.2) is 0 Å². The van der Waals surface area contributed by atoms with Crippen LogP contribution >= 0.6 is 0 Å². The molecule has 0 aromatic heterocycles. The van der Waals surface area contributed by atoms with Gasteiger partial charge >= 0.3 is 5.97 Å². The maximum Gasteiger partial charge on any atom is 0.317 e. The normalized spacial score (nSPS) is 12.2. The van der Waals surface area contributed by atoms with Crippen LogP contribution in [-0.2, 0) is 9.59 Å². The lowest BCUT2D eigenvalue weighted by Crippen LogP contribution is -2.42. The molecule has 0 saturated carbocycles. The average Bonchev–Trinajstić information content (AvgIpc) is 2.27. The number of nitrogens with two attached hydrogens (primary N) is 1.